The number of fused-ring (bicyclic) bond motifs is 1. The van der Waals surface area contributed by atoms with E-state index in [4.69, 9.17) is 0 Å². The molecule has 0 bridgehead atoms. The Hall–Kier alpha value is -4.91. The van der Waals surface area contributed by atoms with Gasteiger partial charge in [0.1, 0.15) is 0 Å². The minimum Gasteiger partial charge on any atom is -0.478 e. The summed E-state index contributed by atoms with van der Waals surface area (Å²) in [4.78, 5) is 39.1. The van der Waals surface area contributed by atoms with Crippen molar-refractivity contribution in [1.29, 1.82) is 0 Å². The third-order valence-corrected chi connectivity index (χ3v) is 5.85. The predicted molar refractivity (Wildman–Crippen MR) is 147 cm³/mol. The Kier molecular flexibility index (Phi) is 7.64. The number of carboxylic acids is 1. The van der Waals surface area contributed by atoms with Crippen molar-refractivity contribution in [3.63, 3.8) is 0 Å². The highest BCUT2D eigenvalue weighted by Gasteiger charge is 2.21. The zero-order chi connectivity index (χ0) is 26.4. The fraction of sp³-hybridized carbons (Fsp3) is 0.100. The van der Waals surface area contributed by atoms with Gasteiger partial charge >= 0.3 is 12.0 Å². The first-order chi connectivity index (χ1) is 17.9. The molecule has 4 rings (SSSR count). The molecule has 0 heterocycles. The quantitative estimate of drug-likeness (QED) is 0.258. The Bertz CT molecular complexity index is 1500. The second-order valence-corrected chi connectivity index (χ2v) is 8.42. The lowest BCUT2D eigenvalue weighted by Crippen LogP contribution is -2.36. The monoisotopic (exact) mass is 493 g/mol. The van der Waals surface area contributed by atoms with Crippen LogP contribution >= 0.6 is 0 Å². The highest BCUT2D eigenvalue weighted by atomic mass is 16.4. The summed E-state index contributed by atoms with van der Waals surface area (Å²) in [6.45, 7) is 4.04. The second-order valence-electron chi connectivity index (χ2n) is 8.42. The lowest BCUT2D eigenvalue weighted by molar-refractivity contribution is -0.111. The number of urea groups is 1. The normalized spacial score (nSPS) is 11.1. The number of rotatable bonds is 7. The van der Waals surface area contributed by atoms with E-state index in [1.54, 1.807) is 37.3 Å². The number of carbonyl (C=O) groups excluding carboxylic acids is 2. The Morgan fingerprint density at radius 3 is 2.24 bits per heavy atom. The summed E-state index contributed by atoms with van der Waals surface area (Å²) in [6.07, 6.45) is 1.44. The van der Waals surface area contributed by atoms with Gasteiger partial charge in [-0.2, -0.15) is 0 Å². The van der Waals surface area contributed by atoms with Crippen LogP contribution in [0.2, 0.25) is 0 Å². The molecule has 4 aromatic rings. The highest BCUT2D eigenvalue weighted by Crippen LogP contribution is 2.30. The lowest BCUT2D eigenvalue weighted by Gasteiger charge is -2.24. The van der Waals surface area contributed by atoms with Gasteiger partial charge in [-0.25, -0.2) is 9.59 Å². The molecule has 0 saturated heterocycles. The molecule has 0 aliphatic heterocycles. The van der Waals surface area contributed by atoms with Crippen molar-refractivity contribution in [2.45, 2.75) is 13.8 Å². The van der Waals surface area contributed by atoms with Crippen molar-refractivity contribution in [3.8, 4) is 0 Å². The van der Waals surface area contributed by atoms with Crippen LogP contribution in [0, 0.1) is 0 Å². The Morgan fingerprint density at radius 1 is 0.838 bits per heavy atom. The molecule has 0 aromatic heterocycles. The van der Waals surface area contributed by atoms with Gasteiger partial charge in [0, 0.05) is 12.6 Å². The molecule has 7 nitrogen and oxygen atoms in total. The second kappa shape index (κ2) is 11.2. The first-order valence-electron chi connectivity index (χ1n) is 11.9. The molecule has 3 amide bonds. The van der Waals surface area contributed by atoms with Gasteiger partial charge in [0.2, 0.25) is 5.91 Å². The molecule has 0 aliphatic carbocycles. The van der Waals surface area contributed by atoms with Gasteiger partial charge in [-0.3, -0.25) is 9.69 Å². The van der Waals surface area contributed by atoms with Gasteiger partial charge in [0.15, 0.2) is 0 Å². The van der Waals surface area contributed by atoms with Crippen molar-refractivity contribution >= 4 is 51.3 Å². The van der Waals surface area contributed by atoms with Crippen molar-refractivity contribution in [2.75, 3.05) is 16.8 Å². The molecule has 37 heavy (non-hydrogen) atoms. The maximum Gasteiger partial charge on any atom is 0.337 e. The molecule has 3 N–H and O–H groups in total. The molecule has 0 spiro atoms. The van der Waals surface area contributed by atoms with Gasteiger partial charge in [-0.1, -0.05) is 54.6 Å². The Labute approximate surface area is 215 Å². The fourth-order valence-electron chi connectivity index (χ4n) is 4.03. The van der Waals surface area contributed by atoms with Gasteiger partial charge in [-0.15, -0.1) is 0 Å². The van der Waals surface area contributed by atoms with E-state index >= 15 is 0 Å². The SMILES string of the molecule is CCNC(=O)N(c1ccccc1)c1ccc(NC(=O)/C=C(/C)c2ccc3ccccc3c2)c(C(=O)O)c1. The minimum absolute atomic E-state index is 0.132. The molecule has 7 heteroatoms. The highest BCUT2D eigenvalue weighted by molar-refractivity contribution is 6.09. The largest absolute Gasteiger partial charge is 0.478 e. The molecule has 0 radical (unpaired) electrons. The zero-order valence-electron chi connectivity index (χ0n) is 20.6. The average Bonchev–Trinajstić information content (AvgIpc) is 2.90. The third-order valence-electron chi connectivity index (χ3n) is 5.85. The van der Waals surface area contributed by atoms with Gasteiger partial charge < -0.3 is 15.7 Å². The summed E-state index contributed by atoms with van der Waals surface area (Å²) < 4.78 is 0. The van der Waals surface area contributed by atoms with E-state index in [0.29, 0.717) is 17.9 Å². The molecular weight excluding hydrogens is 466 g/mol. The van der Waals surface area contributed by atoms with Crippen LogP contribution in [0.1, 0.15) is 29.8 Å². The van der Waals surface area contributed by atoms with Crippen molar-refractivity contribution < 1.29 is 19.5 Å². The number of carbonyl (C=O) groups is 3. The van der Waals surface area contributed by atoms with Crippen LogP contribution in [-0.2, 0) is 4.79 Å². The van der Waals surface area contributed by atoms with E-state index in [0.717, 1.165) is 21.9 Å². The number of carboxylic acid groups (broad SMARTS) is 1. The molecule has 0 aliphatic rings. The van der Waals surface area contributed by atoms with Gasteiger partial charge in [0.05, 0.1) is 22.6 Å². The van der Waals surface area contributed by atoms with E-state index in [1.807, 2.05) is 55.5 Å². The molecule has 4 aromatic carbocycles. The van der Waals surface area contributed by atoms with Crippen molar-refractivity contribution in [2.24, 2.45) is 0 Å². The van der Waals surface area contributed by atoms with E-state index in [1.165, 1.54) is 23.1 Å². The molecule has 0 atom stereocenters. The van der Waals surface area contributed by atoms with Gasteiger partial charge in [-0.05, 0) is 72.2 Å². The van der Waals surface area contributed by atoms with E-state index in [2.05, 4.69) is 10.6 Å². The number of amides is 3. The first kappa shape index (κ1) is 25.2. The summed E-state index contributed by atoms with van der Waals surface area (Å²) in [5.74, 6) is -1.68. The Balaban J connectivity index is 1.62. The van der Waals surface area contributed by atoms with Crippen molar-refractivity contribution in [1.82, 2.24) is 5.32 Å². The van der Waals surface area contributed by atoms with E-state index < -0.39 is 17.9 Å². The number of hydrogen-bond donors (Lipinski definition) is 3. The van der Waals surface area contributed by atoms with Crippen LogP contribution in [0.25, 0.3) is 16.3 Å². The number of aromatic carboxylic acids is 1. The van der Waals surface area contributed by atoms with E-state index in [-0.39, 0.29) is 11.3 Å². The fourth-order valence-corrected chi connectivity index (χ4v) is 4.03. The third kappa shape index (κ3) is 5.85. The number of benzene rings is 4. The summed E-state index contributed by atoms with van der Waals surface area (Å²) >= 11 is 0. The standard InChI is InChI=1S/C30H27N3O4/c1-3-31-30(37)33(24-11-5-4-6-12-24)25-15-16-27(26(19-25)29(35)36)32-28(34)17-20(2)22-14-13-21-9-7-8-10-23(21)18-22/h4-19H,3H2,1-2H3,(H,31,37)(H,32,34)(H,35,36)/b20-17-. The van der Waals surface area contributed by atoms with Crippen LogP contribution in [0.5, 0.6) is 0 Å². The topological polar surface area (TPSA) is 98.7 Å². The van der Waals surface area contributed by atoms with Crippen LogP contribution in [0.3, 0.4) is 0 Å². The molecule has 0 saturated carbocycles. The first-order valence-corrected chi connectivity index (χ1v) is 11.9. The smallest absolute Gasteiger partial charge is 0.337 e. The Morgan fingerprint density at radius 2 is 1.54 bits per heavy atom. The summed E-state index contributed by atoms with van der Waals surface area (Å²) in [5, 5.41) is 17.5. The predicted octanol–water partition coefficient (Wildman–Crippen LogP) is 6.45. The number of para-hydroxylation sites is 1. The van der Waals surface area contributed by atoms with Crippen LogP contribution in [0.4, 0.5) is 21.9 Å². The van der Waals surface area contributed by atoms with Crippen molar-refractivity contribution in [3.05, 3.63) is 108 Å². The lowest BCUT2D eigenvalue weighted by atomic mass is 10.0. The van der Waals surface area contributed by atoms with Crippen LogP contribution in [0.15, 0.2) is 97.1 Å². The van der Waals surface area contributed by atoms with Crippen LogP contribution in [-0.4, -0.2) is 29.6 Å². The molecule has 0 fully saturated rings. The molecule has 0 unspecified atom stereocenters. The number of anilines is 3. The minimum atomic E-state index is -1.23. The summed E-state index contributed by atoms with van der Waals surface area (Å²) in [6, 6.07) is 26.9. The number of hydrogen-bond acceptors (Lipinski definition) is 3. The van der Waals surface area contributed by atoms with E-state index in [9.17, 15) is 19.5 Å². The maximum absolute atomic E-state index is 12.8. The zero-order valence-corrected chi connectivity index (χ0v) is 20.6. The number of nitrogens with one attached hydrogen (secondary N) is 2. The molecule has 186 valence electrons. The average molecular weight is 494 g/mol. The van der Waals surface area contributed by atoms with Gasteiger partial charge in [0.25, 0.3) is 0 Å². The maximum atomic E-state index is 12.8. The molecular formula is C30H27N3O4. The summed E-state index contributed by atoms with van der Waals surface area (Å²) in [7, 11) is 0. The summed E-state index contributed by atoms with van der Waals surface area (Å²) in [5.41, 5.74) is 2.57. The number of allylic oxidation sites excluding steroid dienone is 1. The number of nitrogens with zero attached hydrogens (tertiary/aromatic N) is 1. The van der Waals surface area contributed by atoms with Crippen LogP contribution < -0.4 is 15.5 Å².